The molecule has 1 heterocycles. The highest BCUT2D eigenvalue weighted by molar-refractivity contribution is 5.19. The molecule has 0 amide bonds. The van der Waals surface area contributed by atoms with Crippen molar-refractivity contribution in [3.8, 4) is 0 Å². The van der Waals surface area contributed by atoms with E-state index >= 15 is 0 Å². The molecule has 2 aromatic rings. The molecule has 3 atom stereocenters. The van der Waals surface area contributed by atoms with Gasteiger partial charge < -0.3 is 15.5 Å². The first kappa shape index (κ1) is 15.8. The van der Waals surface area contributed by atoms with Crippen molar-refractivity contribution in [2.24, 2.45) is 11.7 Å². The quantitative estimate of drug-likeness (QED) is 0.770. The molecule has 0 aliphatic heterocycles. The zero-order valence-corrected chi connectivity index (χ0v) is 13.0. The third-order valence-corrected chi connectivity index (χ3v) is 3.99. The molecule has 3 N–H and O–H groups in total. The molecule has 0 saturated heterocycles. The molecule has 0 spiro atoms. The first-order valence-corrected chi connectivity index (χ1v) is 7.78. The number of hydrogen-bond acceptors (Lipinski definition) is 3. The summed E-state index contributed by atoms with van der Waals surface area (Å²) in [5, 5.41) is 3.59. The SMILES string of the molecule is CCCNC(CC(C)C(N)c1ccccc1)c1ccoc1. The lowest BCUT2D eigenvalue weighted by molar-refractivity contribution is 0.362. The van der Waals surface area contributed by atoms with Crippen LogP contribution in [0.2, 0.25) is 0 Å². The van der Waals surface area contributed by atoms with Crippen LogP contribution in [-0.2, 0) is 0 Å². The van der Waals surface area contributed by atoms with E-state index in [0.29, 0.717) is 12.0 Å². The largest absolute Gasteiger partial charge is 0.472 e. The molecule has 0 aliphatic rings. The lowest BCUT2D eigenvalue weighted by Gasteiger charge is -2.26. The van der Waals surface area contributed by atoms with E-state index in [1.54, 1.807) is 6.26 Å². The summed E-state index contributed by atoms with van der Waals surface area (Å²) in [5.74, 6) is 0.386. The predicted octanol–water partition coefficient (Wildman–Crippen LogP) is 4.05. The van der Waals surface area contributed by atoms with Crippen molar-refractivity contribution in [2.45, 2.75) is 38.8 Å². The van der Waals surface area contributed by atoms with Gasteiger partial charge in [0.1, 0.15) is 0 Å². The summed E-state index contributed by atoms with van der Waals surface area (Å²) in [6.07, 6.45) is 5.68. The number of rotatable bonds is 8. The maximum Gasteiger partial charge on any atom is 0.0950 e. The lowest BCUT2D eigenvalue weighted by Crippen LogP contribution is -2.27. The van der Waals surface area contributed by atoms with Gasteiger partial charge in [-0.1, -0.05) is 44.2 Å². The van der Waals surface area contributed by atoms with Crippen molar-refractivity contribution >= 4 is 0 Å². The molecule has 0 saturated carbocycles. The van der Waals surface area contributed by atoms with Gasteiger partial charge in [-0.25, -0.2) is 0 Å². The molecule has 21 heavy (non-hydrogen) atoms. The van der Waals surface area contributed by atoms with Gasteiger partial charge in [-0.05, 0) is 36.9 Å². The first-order chi connectivity index (χ1) is 10.2. The molecule has 3 unspecified atom stereocenters. The molecule has 2 rings (SSSR count). The van der Waals surface area contributed by atoms with Crippen molar-refractivity contribution in [1.82, 2.24) is 5.32 Å². The second-order valence-electron chi connectivity index (χ2n) is 5.71. The molecular formula is C18H26N2O. The Morgan fingerprint density at radius 1 is 1.14 bits per heavy atom. The second kappa shape index (κ2) is 8.01. The molecule has 0 fully saturated rings. The number of hydrogen-bond donors (Lipinski definition) is 2. The molecule has 0 radical (unpaired) electrons. The molecular weight excluding hydrogens is 260 g/mol. The van der Waals surface area contributed by atoms with Crippen molar-refractivity contribution in [3.05, 3.63) is 60.1 Å². The highest BCUT2D eigenvalue weighted by Crippen LogP contribution is 2.29. The third kappa shape index (κ3) is 4.45. The fourth-order valence-electron chi connectivity index (χ4n) is 2.65. The molecule has 3 heteroatoms. The lowest BCUT2D eigenvalue weighted by atomic mass is 9.88. The number of benzene rings is 1. The van der Waals surface area contributed by atoms with Crippen molar-refractivity contribution in [3.63, 3.8) is 0 Å². The van der Waals surface area contributed by atoms with E-state index in [0.717, 1.165) is 19.4 Å². The van der Waals surface area contributed by atoms with Crippen LogP contribution < -0.4 is 11.1 Å². The summed E-state index contributed by atoms with van der Waals surface area (Å²) in [5.41, 5.74) is 8.82. The first-order valence-electron chi connectivity index (χ1n) is 7.78. The Morgan fingerprint density at radius 3 is 2.52 bits per heavy atom. The van der Waals surface area contributed by atoms with Crippen LogP contribution in [0, 0.1) is 5.92 Å². The van der Waals surface area contributed by atoms with E-state index in [4.69, 9.17) is 10.2 Å². The van der Waals surface area contributed by atoms with Gasteiger partial charge in [-0.3, -0.25) is 0 Å². The van der Waals surface area contributed by atoms with E-state index in [1.165, 1.54) is 11.1 Å². The monoisotopic (exact) mass is 286 g/mol. The molecule has 0 aliphatic carbocycles. The fraction of sp³-hybridized carbons (Fsp3) is 0.444. The minimum atomic E-state index is 0.0593. The standard InChI is InChI=1S/C18H26N2O/c1-3-10-20-17(16-9-11-21-13-16)12-14(2)18(19)15-7-5-4-6-8-15/h4-9,11,13-14,17-18,20H,3,10,12,19H2,1-2H3. The highest BCUT2D eigenvalue weighted by Gasteiger charge is 2.21. The van der Waals surface area contributed by atoms with Crippen molar-refractivity contribution in [2.75, 3.05) is 6.54 Å². The van der Waals surface area contributed by atoms with Gasteiger partial charge in [0.15, 0.2) is 0 Å². The van der Waals surface area contributed by atoms with Gasteiger partial charge >= 0.3 is 0 Å². The van der Waals surface area contributed by atoms with Gasteiger partial charge in [0.05, 0.1) is 12.5 Å². The van der Waals surface area contributed by atoms with Crippen molar-refractivity contribution in [1.29, 1.82) is 0 Å². The van der Waals surface area contributed by atoms with E-state index in [-0.39, 0.29) is 6.04 Å². The zero-order valence-electron chi connectivity index (χ0n) is 13.0. The Bertz CT molecular complexity index is 495. The number of nitrogens with two attached hydrogens (primary N) is 1. The number of nitrogens with one attached hydrogen (secondary N) is 1. The molecule has 114 valence electrons. The number of furan rings is 1. The predicted molar refractivity (Wildman–Crippen MR) is 86.9 cm³/mol. The Kier molecular flexibility index (Phi) is 6.03. The average molecular weight is 286 g/mol. The highest BCUT2D eigenvalue weighted by atomic mass is 16.3. The van der Waals surface area contributed by atoms with Crippen LogP contribution in [0.15, 0.2) is 53.3 Å². The Morgan fingerprint density at radius 2 is 1.90 bits per heavy atom. The van der Waals surface area contributed by atoms with Crippen LogP contribution in [-0.4, -0.2) is 6.54 Å². The Balaban J connectivity index is 2.02. The second-order valence-corrected chi connectivity index (χ2v) is 5.71. The summed E-state index contributed by atoms with van der Waals surface area (Å²) in [6, 6.07) is 12.7. The maximum absolute atomic E-state index is 6.42. The molecule has 3 nitrogen and oxygen atoms in total. The van der Waals surface area contributed by atoms with Crippen LogP contribution in [0.3, 0.4) is 0 Å². The Labute approximate surface area is 127 Å². The van der Waals surface area contributed by atoms with Gasteiger partial charge in [0.2, 0.25) is 0 Å². The van der Waals surface area contributed by atoms with E-state index < -0.39 is 0 Å². The van der Waals surface area contributed by atoms with Gasteiger partial charge in [0.25, 0.3) is 0 Å². The van der Waals surface area contributed by atoms with Gasteiger partial charge in [0, 0.05) is 17.6 Å². The summed E-state index contributed by atoms with van der Waals surface area (Å²) in [6.45, 7) is 5.40. The van der Waals surface area contributed by atoms with Gasteiger partial charge in [-0.15, -0.1) is 0 Å². The molecule has 0 bridgehead atoms. The normalized spacial score (nSPS) is 15.6. The fourth-order valence-corrected chi connectivity index (χ4v) is 2.65. The molecule has 1 aromatic heterocycles. The van der Waals surface area contributed by atoms with Crippen LogP contribution in [0.25, 0.3) is 0 Å². The summed E-state index contributed by atoms with van der Waals surface area (Å²) < 4.78 is 5.23. The minimum absolute atomic E-state index is 0.0593. The topological polar surface area (TPSA) is 51.2 Å². The Hall–Kier alpha value is -1.58. The van der Waals surface area contributed by atoms with Crippen LogP contribution in [0.1, 0.15) is 49.9 Å². The van der Waals surface area contributed by atoms with Crippen LogP contribution in [0.5, 0.6) is 0 Å². The summed E-state index contributed by atoms with van der Waals surface area (Å²) in [7, 11) is 0. The minimum Gasteiger partial charge on any atom is -0.472 e. The average Bonchev–Trinajstić information content (AvgIpc) is 3.05. The van der Waals surface area contributed by atoms with E-state index in [1.807, 2.05) is 30.5 Å². The van der Waals surface area contributed by atoms with Crippen LogP contribution in [0.4, 0.5) is 0 Å². The third-order valence-electron chi connectivity index (χ3n) is 3.99. The summed E-state index contributed by atoms with van der Waals surface area (Å²) >= 11 is 0. The zero-order chi connectivity index (χ0) is 15.1. The smallest absolute Gasteiger partial charge is 0.0950 e. The summed E-state index contributed by atoms with van der Waals surface area (Å²) in [4.78, 5) is 0. The molecule has 1 aromatic carbocycles. The van der Waals surface area contributed by atoms with Crippen molar-refractivity contribution < 1.29 is 4.42 Å². The van der Waals surface area contributed by atoms with Gasteiger partial charge in [-0.2, -0.15) is 0 Å². The van der Waals surface area contributed by atoms with E-state index in [2.05, 4.69) is 31.3 Å². The van der Waals surface area contributed by atoms with E-state index in [9.17, 15) is 0 Å². The maximum atomic E-state index is 6.42. The van der Waals surface area contributed by atoms with Crippen LogP contribution >= 0.6 is 0 Å².